The molecule has 2 nitrogen and oxygen atoms in total. The quantitative estimate of drug-likeness (QED) is 0.556. The van der Waals surface area contributed by atoms with Crippen LogP contribution < -0.4 is 9.64 Å². The molecule has 104 valence electrons. The van der Waals surface area contributed by atoms with E-state index >= 15 is 0 Å². The van der Waals surface area contributed by atoms with Gasteiger partial charge in [-0.05, 0) is 25.1 Å². The molecule has 0 amide bonds. The molecule has 0 N–H and O–H groups in total. The number of benzene rings is 1. The summed E-state index contributed by atoms with van der Waals surface area (Å²) < 4.78 is 5.61. The van der Waals surface area contributed by atoms with E-state index in [1.54, 1.807) is 0 Å². The summed E-state index contributed by atoms with van der Waals surface area (Å²) in [6.07, 6.45) is 3.68. The summed E-state index contributed by atoms with van der Waals surface area (Å²) in [6, 6.07) is 7.87. The molecule has 0 aliphatic rings. The van der Waals surface area contributed by atoms with Gasteiger partial charge in [0.25, 0.3) is 0 Å². The Balaban J connectivity index is 0.00000154. The number of hydrogen-bond donors (Lipinski definition) is 0. The molecular formula is C17H25NO. The Hall–Kier alpha value is -1.96. The standard InChI is InChI=1S/C15H19NO.C2H6/c1-12(2)9-10-13(3)17-15-8-6-7-14(11-15)16(4)5;1-2/h6-11H,1,3H2,2,4-5H3;1-2H3/b10-9-;. The van der Waals surface area contributed by atoms with Crippen LogP contribution in [0.2, 0.25) is 0 Å². The first-order chi connectivity index (χ1) is 8.99. The maximum atomic E-state index is 5.61. The molecule has 1 rings (SSSR count). The minimum atomic E-state index is 0.601. The molecule has 19 heavy (non-hydrogen) atoms. The Labute approximate surface area is 117 Å². The smallest absolute Gasteiger partial charge is 0.129 e. The van der Waals surface area contributed by atoms with Crippen LogP contribution in [-0.2, 0) is 0 Å². The van der Waals surface area contributed by atoms with Crippen molar-refractivity contribution >= 4 is 5.69 Å². The number of hydrogen-bond acceptors (Lipinski definition) is 2. The summed E-state index contributed by atoms with van der Waals surface area (Å²) in [7, 11) is 3.99. The van der Waals surface area contributed by atoms with Gasteiger partial charge >= 0.3 is 0 Å². The van der Waals surface area contributed by atoms with Gasteiger partial charge in [-0.25, -0.2) is 0 Å². The van der Waals surface area contributed by atoms with Gasteiger partial charge in [0.1, 0.15) is 11.5 Å². The van der Waals surface area contributed by atoms with Crippen molar-refractivity contribution in [2.75, 3.05) is 19.0 Å². The highest BCUT2D eigenvalue weighted by molar-refractivity contribution is 5.49. The van der Waals surface area contributed by atoms with Gasteiger partial charge in [0.2, 0.25) is 0 Å². The van der Waals surface area contributed by atoms with Crippen molar-refractivity contribution in [3.05, 3.63) is 60.9 Å². The molecule has 0 saturated heterocycles. The van der Waals surface area contributed by atoms with Crippen molar-refractivity contribution in [3.63, 3.8) is 0 Å². The molecule has 0 aromatic heterocycles. The van der Waals surface area contributed by atoms with Crippen LogP contribution in [0.15, 0.2) is 60.9 Å². The largest absolute Gasteiger partial charge is 0.458 e. The minimum Gasteiger partial charge on any atom is -0.458 e. The maximum absolute atomic E-state index is 5.61. The molecule has 0 saturated carbocycles. The zero-order valence-corrected chi connectivity index (χ0v) is 12.7. The summed E-state index contributed by atoms with van der Waals surface area (Å²) in [5, 5.41) is 0. The molecule has 0 fully saturated rings. The van der Waals surface area contributed by atoms with Crippen LogP contribution in [0.3, 0.4) is 0 Å². The highest BCUT2D eigenvalue weighted by Gasteiger charge is 1.99. The summed E-state index contributed by atoms with van der Waals surface area (Å²) in [5.41, 5.74) is 2.07. The Morgan fingerprint density at radius 3 is 2.32 bits per heavy atom. The zero-order chi connectivity index (χ0) is 14.8. The van der Waals surface area contributed by atoms with Crippen LogP contribution in [0, 0.1) is 0 Å². The lowest BCUT2D eigenvalue weighted by atomic mass is 10.3. The lowest BCUT2D eigenvalue weighted by Crippen LogP contribution is -2.08. The Bertz CT molecular complexity index is 444. The number of allylic oxidation sites excluding steroid dienone is 3. The van der Waals surface area contributed by atoms with Gasteiger partial charge in [-0.1, -0.05) is 44.7 Å². The summed E-state index contributed by atoms with van der Waals surface area (Å²) in [6.45, 7) is 13.5. The second-order valence-electron chi connectivity index (χ2n) is 4.14. The fraction of sp³-hybridized carbons (Fsp3) is 0.294. The van der Waals surface area contributed by atoms with Crippen molar-refractivity contribution < 1.29 is 4.74 Å². The molecule has 2 heteroatoms. The second-order valence-corrected chi connectivity index (χ2v) is 4.14. The van der Waals surface area contributed by atoms with Crippen LogP contribution in [0.5, 0.6) is 5.75 Å². The molecule has 1 aromatic rings. The fourth-order valence-corrected chi connectivity index (χ4v) is 1.25. The Morgan fingerprint density at radius 1 is 1.16 bits per heavy atom. The third-order valence-corrected chi connectivity index (χ3v) is 2.14. The minimum absolute atomic E-state index is 0.601. The monoisotopic (exact) mass is 259 g/mol. The third-order valence-electron chi connectivity index (χ3n) is 2.14. The van der Waals surface area contributed by atoms with E-state index in [1.165, 1.54) is 0 Å². The molecule has 0 heterocycles. The van der Waals surface area contributed by atoms with Crippen molar-refractivity contribution in [3.8, 4) is 5.75 Å². The van der Waals surface area contributed by atoms with Crippen molar-refractivity contribution in [1.29, 1.82) is 0 Å². The van der Waals surface area contributed by atoms with E-state index in [0.29, 0.717) is 5.76 Å². The molecule has 0 unspecified atom stereocenters. The van der Waals surface area contributed by atoms with Gasteiger partial charge < -0.3 is 9.64 Å². The highest BCUT2D eigenvalue weighted by atomic mass is 16.5. The summed E-state index contributed by atoms with van der Waals surface area (Å²) >= 11 is 0. The van der Waals surface area contributed by atoms with Crippen molar-refractivity contribution in [2.24, 2.45) is 0 Å². The van der Waals surface area contributed by atoms with E-state index in [4.69, 9.17) is 4.74 Å². The summed E-state index contributed by atoms with van der Waals surface area (Å²) in [5.74, 6) is 1.39. The number of rotatable bonds is 5. The maximum Gasteiger partial charge on any atom is 0.129 e. The predicted octanol–water partition coefficient (Wildman–Crippen LogP) is 4.80. The molecule has 0 aliphatic carbocycles. The molecule has 0 spiro atoms. The molecule has 0 bridgehead atoms. The Kier molecular flexibility index (Phi) is 8.10. The van der Waals surface area contributed by atoms with E-state index in [9.17, 15) is 0 Å². The van der Waals surface area contributed by atoms with E-state index < -0.39 is 0 Å². The SMILES string of the molecule is C=C(C)/C=C\C(=C)Oc1cccc(N(C)C)c1.CC. The van der Waals surface area contributed by atoms with Crippen LogP contribution in [0.25, 0.3) is 0 Å². The van der Waals surface area contributed by atoms with Crippen LogP contribution in [0.4, 0.5) is 5.69 Å². The lowest BCUT2D eigenvalue weighted by Gasteiger charge is -2.13. The summed E-state index contributed by atoms with van der Waals surface area (Å²) in [4.78, 5) is 2.03. The molecule has 0 atom stereocenters. The number of nitrogens with zero attached hydrogens (tertiary/aromatic N) is 1. The van der Waals surface area contributed by atoms with Crippen LogP contribution in [0.1, 0.15) is 20.8 Å². The molecule has 0 radical (unpaired) electrons. The topological polar surface area (TPSA) is 12.5 Å². The Morgan fingerprint density at radius 2 is 1.79 bits per heavy atom. The normalized spacial score (nSPS) is 9.53. The van der Waals surface area contributed by atoms with E-state index in [0.717, 1.165) is 17.0 Å². The number of anilines is 1. The van der Waals surface area contributed by atoms with Gasteiger partial charge in [-0.15, -0.1) is 0 Å². The molecule has 1 aromatic carbocycles. The van der Waals surface area contributed by atoms with E-state index in [1.807, 2.05) is 76.2 Å². The van der Waals surface area contributed by atoms with Gasteiger partial charge in [0.05, 0.1) is 0 Å². The van der Waals surface area contributed by atoms with Gasteiger partial charge in [0, 0.05) is 25.8 Å². The van der Waals surface area contributed by atoms with Gasteiger partial charge in [-0.2, -0.15) is 0 Å². The zero-order valence-electron chi connectivity index (χ0n) is 12.7. The van der Waals surface area contributed by atoms with Gasteiger partial charge in [-0.3, -0.25) is 0 Å². The van der Waals surface area contributed by atoms with E-state index in [-0.39, 0.29) is 0 Å². The van der Waals surface area contributed by atoms with Gasteiger partial charge in [0.15, 0.2) is 0 Å². The first-order valence-corrected chi connectivity index (χ1v) is 6.47. The van der Waals surface area contributed by atoms with Crippen molar-refractivity contribution in [1.82, 2.24) is 0 Å². The van der Waals surface area contributed by atoms with Crippen LogP contribution >= 0.6 is 0 Å². The third kappa shape index (κ3) is 7.14. The average Bonchev–Trinajstić information content (AvgIpc) is 2.39. The second kappa shape index (κ2) is 9.03. The number of ether oxygens (including phenoxy) is 1. The van der Waals surface area contributed by atoms with E-state index in [2.05, 4.69) is 13.2 Å². The fourth-order valence-electron chi connectivity index (χ4n) is 1.25. The first kappa shape index (κ1) is 17.0. The molecular weight excluding hydrogens is 234 g/mol. The predicted molar refractivity (Wildman–Crippen MR) is 85.8 cm³/mol. The highest BCUT2D eigenvalue weighted by Crippen LogP contribution is 2.21. The van der Waals surface area contributed by atoms with Crippen molar-refractivity contribution in [2.45, 2.75) is 20.8 Å². The molecule has 0 aliphatic heterocycles. The lowest BCUT2D eigenvalue weighted by molar-refractivity contribution is 0.447. The van der Waals surface area contributed by atoms with Crippen LogP contribution in [-0.4, -0.2) is 14.1 Å². The first-order valence-electron chi connectivity index (χ1n) is 6.47. The average molecular weight is 259 g/mol.